The molecule has 0 rings (SSSR count). The number of carbonyl (C=O) groups excluding carboxylic acids is 3. The number of aldehydes is 1. The fraction of sp³-hybridized carbons (Fsp3) is 0.906. The van der Waals surface area contributed by atoms with Crippen LogP contribution in [0.1, 0.15) is 180 Å². The van der Waals surface area contributed by atoms with Crippen LogP contribution in [0.25, 0.3) is 0 Å². The molecule has 4 nitrogen and oxygen atoms in total. The number of hydrogen-bond acceptors (Lipinski definition) is 3. The summed E-state index contributed by atoms with van der Waals surface area (Å²) in [5.41, 5.74) is 0. The Bertz CT molecular complexity index is 492. The fourth-order valence-electron chi connectivity index (χ4n) is 4.88. The van der Waals surface area contributed by atoms with Crippen LogP contribution in [0.15, 0.2) is 0 Å². The van der Waals surface area contributed by atoms with Gasteiger partial charge in [0.1, 0.15) is 12.1 Å². The molecule has 0 aliphatic heterocycles. The second-order valence-electron chi connectivity index (χ2n) is 10.9. The number of ketones is 1. The Labute approximate surface area is 224 Å². The average Bonchev–Trinajstić information content (AvgIpc) is 2.86. The lowest BCUT2D eigenvalue weighted by atomic mass is 10.0. The van der Waals surface area contributed by atoms with Crippen molar-refractivity contribution >= 4 is 18.0 Å². The number of rotatable bonds is 30. The third-order valence-electron chi connectivity index (χ3n) is 7.21. The van der Waals surface area contributed by atoms with Gasteiger partial charge in [0.2, 0.25) is 5.91 Å². The van der Waals surface area contributed by atoms with Gasteiger partial charge in [-0.05, 0) is 25.7 Å². The monoisotopic (exact) mass is 507 g/mol. The molecule has 36 heavy (non-hydrogen) atoms. The van der Waals surface area contributed by atoms with Crippen molar-refractivity contribution in [2.75, 3.05) is 6.54 Å². The molecule has 1 amide bonds. The second-order valence-corrected chi connectivity index (χ2v) is 10.9. The van der Waals surface area contributed by atoms with Gasteiger partial charge in [0.05, 0.1) is 0 Å². The Balaban J connectivity index is 3.13. The van der Waals surface area contributed by atoms with Crippen molar-refractivity contribution in [3.63, 3.8) is 0 Å². The molecule has 1 N–H and O–H groups in total. The zero-order chi connectivity index (χ0) is 26.4. The van der Waals surface area contributed by atoms with Gasteiger partial charge in [0.25, 0.3) is 0 Å². The second kappa shape index (κ2) is 30.0. The maximum absolute atomic E-state index is 11.8. The van der Waals surface area contributed by atoms with Crippen molar-refractivity contribution in [1.29, 1.82) is 0 Å². The minimum atomic E-state index is 0.102. The quantitative estimate of drug-likeness (QED) is 0.0777. The topological polar surface area (TPSA) is 63.2 Å². The summed E-state index contributed by atoms with van der Waals surface area (Å²) in [7, 11) is 0. The predicted molar refractivity (Wildman–Crippen MR) is 154 cm³/mol. The normalized spacial score (nSPS) is 11.0. The molecule has 0 aromatic heterocycles. The van der Waals surface area contributed by atoms with E-state index in [2.05, 4.69) is 5.32 Å². The van der Waals surface area contributed by atoms with Crippen molar-refractivity contribution in [2.24, 2.45) is 0 Å². The van der Waals surface area contributed by atoms with Crippen LogP contribution in [0.3, 0.4) is 0 Å². The standard InChI is InChI=1S/C32H61NO3/c1-2-26-31(35)27-25-28-32(36)33-29-23-21-19-17-15-13-11-9-7-5-3-4-6-8-10-12-14-16-18-20-22-24-30-34/h30H,2-29H2,1H3,(H,33,36). The van der Waals surface area contributed by atoms with Gasteiger partial charge in [0.15, 0.2) is 0 Å². The maximum atomic E-state index is 11.8. The average molecular weight is 508 g/mol. The lowest BCUT2D eigenvalue weighted by Gasteiger charge is -2.06. The van der Waals surface area contributed by atoms with Crippen LogP contribution in [-0.2, 0) is 14.4 Å². The van der Waals surface area contributed by atoms with Crippen molar-refractivity contribution in [1.82, 2.24) is 5.32 Å². The van der Waals surface area contributed by atoms with Gasteiger partial charge in [-0.1, -0.05) is 129 Å². The Morgan fingerprint density at radius 1 is 0.500 bits per heavy atom. The van der Waals surface area contributed by atoms with Gasteiger partial charge >= 0.3 is 0 Å². The van der Waals surface area contributed by atoms with Crippen LogP contribution in [-0.4, -0.2) is 24.5 Å². The first kappa shape index (κ1) is 34.8. The van der Waals surface area contributed by atoms with E-state index in [9.17, 15) is 14.4 Å². The summed E-state index contributed by atoms with van der Waals surface area (Å²) >= 11 is 0. The van der Waals surface area contributed by atoms with Crippen LogP contribution in [0.5, 0.6) is 0 Å². The van der Waals surface area contributed by atoms with E-state index in [-0.39, 0.29) is 11.7 Å². The number of amides is 1. The summed E-state index contributed by atoms with van der Waals surface area (Å²) < 4.78 is 0. The summed E-state index contributed by atoms with van der Waals surface area (Å²) in [6.07, 6.45) is 33.2. The Morgan fingerprint density at radius 2 is 0.889 bits per heavy atom. The van der Waals surface area contributed by atoms with Crippen LogP contribution in [0.4, 0.5) is 0 Å². The molecule has 0 saturated heterocycles. The van der Waals surface area contributed by atoms with E-state index in [1.54, 1.807) is 0 Å². The van der Waals surface area contributed by atoms with E-state index in [0.717, 1.165) is 38.5 Å². The first-order valence-corrected chi connectivity index (χ1v) is 15.9. The van der Waals surface area contributed by atoms with Crippen LogP contribution in [0, 0.1) is 0 Å². The molecule has 0 fully saturated rings. The molecule has 0 atom stereocenters. The zero-order valence-corrected chi connectivity index (χ0v) is 24.1. The van der Waals surface area contributed by atoms with Crippen LogP contribution >= 0.6 is 0 Å². The number of Topliss-reactive ketones (excluding diaryl/α,β-unsaturated/α-hetero) is 1. The molecule has 0 heterocycles. The highest BCUT2D eigenvalue weighted by atomic mass is 16.1. The lowest BCUT2D eigenvalue weighted by Crippen LogP contribution is -2.24. The molecular weight excluding hydrogens is 446 g/mol. The Morgan fingerprint density at radius 3 is 1.28 bits per heavy atom. The third kappa shape index (κ3) is 29.0. The van der Waals surface area contributed by atoms with Gasteiger partial charge < -0.3 is 10.1 Å². The van der Waals surface area contributed by atoms with Crippen LogP contribution in [0.2, 0.25) is 0 Å². The summed E-state index contributed by atoms with van der Waals surface area (Å²) in [4.78, 5) is 33.5. The van der Waals surface area contributed by atoms with E-state index in [0.29, 0.717) is 25.7 Å². The molecule has 0 saturated carbocycles. The molecule has 0 radical (unpaired) electrons. The van der Waals surface area contributed by atoms with Gasteiger partial charge in [-0.3, -0.25) is 9.59 Å². The SMILES string of the molecule is CCCC(=O)CCCC(=O)NCCCCCCCCCCCCCCCCCCCCCCCC=O. The largest absolute Gasteiger partial charge is 0.356 e. The van der Waals surface area contributed by atoms with Gasteiger partial charge in [-0.15, -0.1) is 0 Å². The Kier molecular flexibility index (Phi) is 29.0. The van der Waals surface area contributed by atoms with Crippen molar-refractivity contribution < 1.29 is 14.4 Å². The smallest absolute Gasteiger partial charge is 0.220 e. The number of nitrogens with one attached hydrogen (secondary N) is 1. The van der Waals surface area contributed by atoms with E-state index in [1.807, 2.05) is 6.92 Å². The van der Waals surface area contributed by atoms with Crippen molar-refractivity contribution in [3.8, 4) is 0 Å². The van der Waals surface area contributed by atoms with Gasteiger partial charge in [-0.25, -0.2) is 0 Å². The van der Waals surface area contributed by atoms with Crippen molar-refractivity contribution in [2.45, 2.75) is 180 Å². The van der Waals surface area contributed by atoms with E-state index < -0.39 is 0 Å². The van der Waals surface area contributed by atoms with Crippen molar-refractivity contribution in [3.05, 3.63) is 0 Å². The molecule has 0 bridgehead atoms. The van der Waals surface area contributed by atoms with Gasteiger partial charge in [-0.2, -0.15) is 0 Å². The van der Waals surface area contributed by atoms with E-state index in [4.69, 9.17) is 0 Å². The summed E-state index contributed by atoms with van der Waals surface area (Å²) in [5.74, 6) is 0.388. The molecule has 0 aliphatic rings. The maximum Gasteiger partial charge on any atom is 0.220 e. The number of hydrogen-bond donors (Lipinski definition) is 1. The summed E-state index contributed by atoms with van der Waals surface area (Å²) in [6, 6.07) is 0. The first-order chi connectivity index (χ1) is 17.7. The van der Waals surface area contributed by atoms with Gasteiger partial charge in [0, 0.05) is 32.2 Å². The molecule has 212 valence electrons. The third-order valence-corrected chi connectivity index (χ3v) is 7.21. The zero-order valence-electron chi connectivity index (χ0n) is 24.1. The molecule has 0 aliphatic carbocycles. The van der Waals surface area contributed by atoms with Crippen LogP contribution < -0.4 is 5.32 Å². The molecule has 0 aromatic rings. The minimum absolute atomic E-state index is 0.102. The highest BCUT2D eigenvalue weighted by Crippen LogP contribution is 2.15. The molecule has 0 spiro atoms. The van der Waals surface area contributed by atoms with E-state index >= 15 is 0 Å². The Hall–Kier alpha value is -1.19. The highest BCUT2D eigenvalue weighted by Gasteiger charge is 2.04. The first-order valence-electron chi connectivity index (χ1n) is 15.9. The fourth-order valence-corrected chi connectivity index (χ4v) is 4.88. The molecular formula is C32H61NO3. The highest BCUT2D eigenvalue weighted by molar-refractivity contribution is 5.80. The lowest BCUT2D eigenvalue weighted by molar-refractivity contribution is -0.121. The summed E-state index contributed by atoms with van der Waals surface area (Å²) in [6.45, 7) is 2.80. The molecule has 4 heteroatoms. The number of unbranched alkanes of at least 4 members (excludes halogenated alkanes) is 21. The van der Waals surface area contributed by atoms with E-state index in [1.165, 1.54) is 122 Å². The summed E-state index contributed by atoms with van der Waals surface area (Å²) in [5, 5.41) is 2.99. The number of carbonyl (C=O) groups is 3. The molecule has 0 unspecified atom stereocenters. The minimum Gasteiger partial charge on any atom is -0.356 e. The predicted octanol–water partition coefficient (Wildman–Crippen LogP) is 9.42. The molecule has 0 aromatic carbocycles.